The summed E-state index contributed by atoms with van der Waals surface area (Å²) >= 11 is 0. The van der Waals surface area contributed by atoms with Crippen LogP contribution in [0.1, 0.15) is 25.7 Å². The van der Waals surface area contributed by atoms with Gasteiger partial charge in [-0.15, -0.1) is 0 Å². The van der Waals surface area contributed by atoms with Crippen molar-refractivity contribution in [2.75, 3.05) is 0 Å². The van der Waals surface area contributed by atoms with E-state index in [1.165, 1.54) is 16.7 Å². The van der Waals surface area contributed by atoms with Gasteiger partial charge < -0.3 is 9.72 Å². The van der Waals surface area contributed by atoms with Gasteiger partial charge in [-0.25, -0.2) is 4.39 Å². The van der Waals surface area contributed by atoms with Crippen LogP contribution in [0.2, 0.25) is 0 Å². The molecule has 124 valence electrons. The summed E-state index contributed by atoms with van der Waals surface area (Å²) in [5, 5.41) is 2.98. The largest absolute Gasteiger partial charge is 0.352 e. The maximum atomic E-state index is 13.7. The Hall–Kier alpha value is -2.63. The smallest absolute Gasteiger partial charge is 0.275 e. The molecule has 5 nitrogen and oxygen atoms in total. The lowest BCUT2D eigenvalue weighted by Gasteiger charge is -2.15. The van der Waals surface area contributed by atoms with E-state index in [0.717, 1.165) is 25.7 Å². The highest BCUT2D eigenvalue weighted by Gasteiger charge is 2.19. The molecule has 1 amide bonds. The summed E-state index contributed by atoms with van der Waals surface area (Å²) in [7, 11) is 0. The van der Waals surface area contributed by atoms with Gasteiger partial charge in [0.15, 0.2) is 0 Å². The van der Waals surface area contributed by atoms with Crippen LogP contribution in [0.3, 0.4) is 0 Å². The molecule has 0 aliphatic heterocycles. The fourth-order valence-corrected chi connectivity index (χ4v) is 3.57. The van der Waals surface area contributed by atoms with E-state index in [1.54, 1.807) is 28.8 Å². The van der Waals surface area contributed by atoms with Gasteiger partial charge in [-0.2, -0.15) is 0 Å². The van der Waals surface area contributed by atoms with E-state index in [2.05, 4.69) is 5.32 Å². The number of hydrogen-bond donors (Lipinski definition) is 1. The van der Waals surface area contributed by atoms with E-state index in [1.807, 2.05) is 0 Å². The van der Waals surface area contributed by atoms with Gasteiger partial charge in [0.2, 0.25) is 5.91 Å². The number of nitrogens with one attached hydrogen (secondary N) is 1. The number of carbonyl (C=O) groups excluding carboxylic acids is 1. The first-order chi connectivity index (χ1) is 11.6. The Kier molecular flexibility index (Phi) is 3.59. The first kappa shape index (κ1) is 14.9. The van der Waals surface area contributed by atoms with Crippen molar-refractivity contribution in [3.8, 4) is 0 Å². The third kappa shape index (κ3) is 2.48. The van der Waals surface area contributed by atoms with Crippen LogP contribution in [0.15, 0.2) is 41.3 Å². The zero-order chi connectivity index (χ0) is 16.7. The Morgan fingerprint density at radius 3 is 2.75 bits per heavy atom. The number of halogens is 1. The fourth-order valence-electron chi connectivity index (χ4n) is 3.57. The molecule has 4 rings (SSSR count). The van der Waals surface area contributed by atoms with Gasteiger partial charge in [0.05, 0.1) is 11.0 Å². The minimum Gasteiger partial charge on any atom is -0.352 e. The van der Waals surface area contributed by atoms with Crippen LogP contribution < -0.4 is 10.9 Å². The molecule has 1 aliphatic carbocycles. The molecule has 3 aromatic rings. The average molecular weight is 327 g/mol. The van der Waals surface area contributed by atoms with Gasteiger partial charge in [-0.1, -0.05) is 12.8 Å². The molecule has 1 fully saturated rings. The minimum atomic E-state index is -0.432. The molecule has 0 bridgehead atoms. The van der Waals surface area contributed by atoms with Gasteiger partial charge in [0.25, 0.3) is 5.56 Å². The summed E-state index contributed by atoms with van der Waals surface area (Å²) in [6.07, 6.45) is 5.96. The van der Waals surface area contributed by atoms with Gasteiger partial charge in [-0.05, 0) is 43.2 Å². The molecular weight excluding hydrogens is 309 g/mol. The summed E-state index contributed by atoms with van der Waals surface area (Å²) in [6, 6.07) is 7.95. The second kappa shape index (κ2) is 5.78. The molecule has 1 saturated carbocycles. The lowest BCUT2D eigenvalue weighted by molar-refractivity contribution is -0.122. The molecule has 24 heavy (non-hydrogen) atoms. The van der Waals surface area contributed by atoms with Crippen LogP contribution in [0.5, 0.6) is 0 Å². The highest BCUT2D eigenvalue weighted by Crippen LogP contribution is 2.19. The number of benzene rings is 1. The van der Waals surface area contributed by atoms with Crippen LogP contribution >= 0.6 is 0 Å². The summed E-state index contributed by atoms with van der Waals surface area (Å²) < 4.78 is 16.8. The van der Waals surface area contributed by atoms with E-state index >= 15 is 0 Å². The van der Waals surface area contributed by atoms with Gasteiger partial charge in [0, 0.05) is 12.2 Å². The summed E-state index contributed by atoms with van der Waals surface area (Å²) in [4.78, 5) is 25.1. The Labute approximate surface area is 137 Å². The molecule has 0 spiro atoms. The van der Waals surface area contributed by atoms with Crippen LogP contribution in [0.25, 0.3) is 16.6 Å². The van der Waals surface area contributed by atoms with Crippen LogP contribution in [-0.4, -0.2) is 20.9 Å². The maximum Gasteiger partial charge on any atom is 0.275 e. The highest BCUT2D eigenvalue weighted by molar-refractivity contribution is 5.82. The third-order valence-electron chi connectivity index (χ3n) is 4.72. The predicted molar refractivity (Wildman–Crippen MR) is 89.5 cm³/mol. The minimum absolute atomic E-state index is 0.100. The molecular formula is C18H18FN3O2. The monoisotopic (exact) mass is 327 g/mol. The second-order valence-corrected chi connectivity index (χ2v) is 6.34. The normalized spacial score (nSPS) is 15.4. The SMILES string of the molecule is O=C(Cn1c(=O)c2cccn2c2ccc(F)cc21)NC1CCCC1. The van der Waals surface area contributed by atoms with E-state index in [4.69, 9.17) is 0 Å². The Balaban J connectivity index is 1.79. The van der Waals surface area contributed by atoms with Crippen molar-refractivity contribution in [1.29, 1.82) is 0 Å². The van der Waals surface area contributed by atoms with Crippen molar-refractivity contribution in [1.82, 2.24) is 14.3 Å². The number of amides is 1. The van der Waals surface area contributed by atoms with Gasteiger partial charge in [-0.3, -0.25) is 14.2 Å². The van der Waals surface area contributed by atoms with Crippen molar-refractivity contribution < 1.29 is 9.18 Å². The zero-order valence-electron chi connectivity index (χ0n) is 13.2. The first-order valence-electron chi connectivity index (χ1n) is 8.22. The molecule has 0 radical (unpaired) electrons. The lowest BCUT2D eigenvalue weighted by Crippen LogP contribution is -2.38. The number of nitrogens with zero attached hydrogens (tertiary/aromatic N) is 2. The fraction of sp³-hybridized carbons (Fsp3) is 0.333. The number of rotatable bonds is 3. The molecule has 0 unspecified atom stereocenters. The molecule has 2 heterocycles. The Morgan fingerprint density at radius 1 is 1.17 bits per heavy atom. The van der Waals surface area contributed by atoms with Crippen molar-refractivity contribution in [3.63, 3.8) is 0 Å². The van der Waals surface area contributed by atoms with Crippen LogP contribution in [0.4, 0.5) is 4.39 Å². The predicted octanol–water partition coefficient (Wildman–Crippen LogP) is 2.45. The average Bonchev–Trinajstić information content (AvgIpc) is 3.22. The third-order valence-corrected chi connectivity index (χ3v) is 4.72. The number of fused-ring (bicyclic) bond motifs is 3. The number of hydrogen-bond acceptors (Lipinski definition) is 2. The number of carbonyl (C=O) groups is 1. The van der Waals surface area contributed by atoms with Crippen molar-refractivity contribution in [2.45, 2.75) is 38.3 Å². The van der Waals surface area contributed by atoms with Crippen molar-refractivity contribution >= 4 is 22.5 Å². The lowest BCUT2D eigenvalue weighted by atomic mass is 10.2. The second-order valence-electron chi connectivity index (χ2n) is 6.34. The Bertz CT molecular complexity index is 983. The van der Waals surface area contributed by atoms with E-state index in [-0.39, 0.29) is 24.1 Å². The Morgan fingerprint density at radius 2 is 1.96 bits per heavy atom. The van der Waals surface area contributed by atoms with Gasteiger partial charge in [0.1, 0.15) is 17.9 Å². The molecule has 0 saturated heterocycles. The summed E-state index contributed by atoms with van der Waals surface area (Å²) in [6.45, 7) is -0.100. The van der Waals surface area contributed by atoms with Crippen molar-refractivity contribution in [2.24, 2.45) is 0 Å². The summed E-state index contributed by atoms with van der Waals surface area (Å²) in [5.41, 5.74) is 1.30. The quantitative estimate of drug-likeness (QED) is 0.803. The molecule has 1 N–H and O–H groups in total. The molecule has 1 aromatic carbocycles. The van der Waals surface area contributed by atoms with E-state index in [0.29, 0.717) is 16.6 Å². The van der Waals surface area contributed by atoms with Crippen molar-refractivity contribution in [3.05, 3.63) is 52.7 Å². The van der Waals surface area contributed by atoms with Gasteiger partial charge >= 0.3 is 0 Å². The first-order valence-corrected chi connectivity index (χ1v) is 8.22. The van der Waals surface area contributed by atoms with E-state index in [9.17, 15) is 14.0 Å². The standard InChI is InChI=1S/C18H18FN3O2/c19-12-7-8-14-16(10-12)22(18(24)15-6-3-9-21(14)15)11-17(23)20-13-4-1-2-5-13/h3,6-10,13H,1-2,4-5,11H2,(H,20,23). The van der Waals surface area contributed by atoms with Crippen LogP contribution in [-0.2, 0) is 11.3 Å². The van der Waals surface area contributed by atoms with Crippen LogP contribution in [0, 0.1) is 5.82 Å². The summed E-state index contributed by atoms with van der Waals surface area (Å²) in [5.74, 6) is -0.635. The number of aromatic nitrogens is 2. The maximum absolute atomic E-state index is 13.7. The highest BCUT2D eigenvalue weighted by atomic mass is 19.1. The van der Waals surface area contributed by atoms with E-state index < -0.39 is 5.82 Å². The molecule has 2 aromatic heterocycles. The molecule has 6 heteroatoms. The zero-order valence-corrected chi connectivity index (χ0v) is 13.2. The molecule has 1 aliphatic rings. The topological polar surface area (TPSA) is 55.5 Å². The molecule has 0 atom stereocenters.